The van der Waals surface area contributed by atoms with Gasteiger partial charge in [0.1, 0.15) is 11.6 Å². The maximum Gasteiger partial charge on any atom is 0.138 e. The van der Waals surface area contributed by atoms with Gasteiger partial charge in [-0.25, -0.2) is 4.98 Å². The first-order valence-corrected chi connectivity index (χ1v) is 8.09. The highest BCUT2D eigenvalue weighted by atomic mass is 16.5. The highest BCUT2D eigenvalue weighted by Gasteiger charge is 2.28. The molecule has 3 rings (SSSR count). The van der Waals surface area contributed by atoms with Crippen molar-refractivity contribution in [3.8, 4) is 5.75 Å². The number of aromatic hydroxyl groups is 1. The lowest BCUT2D eigenvalue weighted by molar-refractivity contribution is 0.0517. The molecular weight excluding hydrogens is 292 g/mol. The fourth-order valence-corrected chi connectivity index (χ4v) is 3.13. The minimum absolute atomic E-state index is 0.126. The average Bonchev–Trinajstić information content (AvgIpc) is 2.98. The van der Waals surface area contributed by atoms with Crippen LogP contribution in [0.5, 0.6) is 5.75 Å². The number of ether oxygens (including phenoxy) is 1. The van der Waals surface area contributed by atoms with Crippen LogP contribution in [0.3, 0.4) is 0 Å². The molecule has 124 valence electrons. The second kappa shape index (κ2) is 7.10. The summed E-state index contributed by atoms with van der Waals surface area (Å²) < 4.78 is 7.54. The van der Waals surface area contributed by atoms with Gasteiger partial charge in [0.05, 0.1) is 11.7 Å². The van der Waals surface area contributed by atoms with Crippen LogP contribution in [-0.2, 0) is 18.3 Å². The third-order valence-electron chi connectivity index (χ3n) is 4.45. The third kappa shape index (κ3) is 3.71. The van der Waals surface area contributed by atoms with Crippen LogP contribution in [0.2, 0.25) is 0 Å². The Balaban J connectivity index is 1.78. The molecule has 1 unspecified atom stereocenters. The predicted molar refractivity (Wildman–Crippen MR) is 87.0 cm³/mol. The summed E-state index contributed by atoms with van der Waals surface area (Å²) in [6, 6.07) is 3.64. The highest BCUT2D eigenvalue weighted by Crippen LogP contribution is 2.29. The lowest BCUT2D eigenvalue weighted by atomic mass is 9.91. The van der Waals surface area contributed by atoms with Crippen molar-refractivity contribution in [1.82, 2.24) is 19.9 Å². The first kappa shape index (κ1) is 16.0. The number of imidazole rings is 1. The highest BCUT2D eigenvalue weighted by molar-refractivity contribution is 5.27. The Morgan fingerprint density at radius 2 is 2.17 bits per heavy atom. The Kier molecular flexibility index (Phi) is 4.93. The fourth-order valence-electron chi connectivity index (χ4n) is 3.13. The Hall–Kier alpha value is -1.92. The zero-order valence-corrected chi connectivity index (χ0v) is 13.7. The molecule has 0 bridgehead atoms. The van der Waals surface area contributed by atoms with Crippen LogP contribution in [0.1, 0.15) is 36.1 Å². The summed E-state index contributed by atoms with van der Waals surface area (Å²) in [6.07, 6.45) is 5.81. The smallest absolute Gasteiger partial charge is 0.138 e. The molecule has 1 fully saturated rings. The van der Waals surface area contributed by atoms with Gasteiger partial charge in [0.2, 0.25) is 0 Å². The van der Waals surface area contributed by atoms with E-state index in [4.69, 9.17) is 4.74 Å². The van der Waals surface area contributed by atoms with E-state index in [1.54, 1.807) is 6.07 Å². The summed E-state index contributed by atoms with van der Waals surface area (Å²) in [7, 11) is 2.01. The van der Waals surface area contributed by atoms with Gasteiger partial charge in [-0.2, -0.15) is 0 Å². The lowest BCUT2D eigenvalue weighted by Gasteiger charge is -2.30. The molecule has 2 N–H and O–H groups in total. The number of hydrogen-bond donors (Lipinski definition) is 2. The number of nitrogens with zero attached hydrogens (tertiary/aromatic N) is 3. The van der Waals surface area contributed by atoms with Crippen molar-refractivity contribution < 1.29 is 9.84 Å². The van der Waals surface area contributed by atoms with Crippen molar-refractivity contribution in [3.63, 3.8) is 0 Å². The largest absolute Gasteiger partial charge is 0.506 e. The van der Waals surface area contributed by atoms with Crippen LogP contribution in [0.4, 0.5) is 0 Å². The average molecular weight is 316 g/mol. The third-order valence-corrected chi connectivity index (χ3v) is 4.45. The Bertz CT molecular complexity index is 650. The summed E-state index contributed by atoms with van der Waals surface area (Å²) in [6.45, 7) is 4.03. The van der Waals surface area contributed by atoms with Gasteiger partial charge < -0.3 is 19.7 Å². The van der Waals surface area contributed by atoms with Crippen molar-refractivity contribution in [2.45, 2.75) is 32.4 Å². The number of rotatable bonds is 5. The molecule has 1 atom stereocenters. The van der Waals surface area contributed by atoms with Gasteiger partial charge in [-0.1, -0.05) is 0 Å². The Morgan fingerprint density at radius 3 is 2.87 bits per heavy atom. The maximum absolute atomic E-state index is 10.0. The monoisotopic (exact) mass is 316 g/mol. The van der Waals surface area contributed by atoms with E-state index >= 15 is 0 Å². The number of hydrogen-bond acceptors (Lipinski definition) is 5. The molecule has 1 saturated heterocycles. The SMILES string of the molecule is Cc1ccc(O)c(CNC(c2nccn2C)C2CCOCC2)n1. The lowest BCUT2D eigenvalue weighted by Crippen LogP contribution is -2.33. The van der Waals surface area contributed by atoms with Gasteiger partial charge in [-0.15, -0.1) is 0 Å². The molecule has 6 heteroatoms. The molecule has 0 amide bonds. The minimum Gasteiger partial charge on any atom is -0.506 e. The van der Waals surface area contributed by atoms with Gasteiger partial charge in [0, 0.05) is 44.9 Å². The number of pyridine rings is 1. The van der Waals surface area contributed by atoms with Gasteiger partial charge >= 0.3 is 0 Å². The fraction of sp³-hybridized carbons (Fsp3) is 0.529. The summed E-state index contributed by atoms with van der Waals surface area (Å²) in [5.74, 6) is 1.72. The second-order valence-electron chi connectivity index (χ2n) is 6.12. The first-order chi connectivity index (χ1) is 11.1. The quantitative estimate of drug-likeness (QED) is 0.884. The first-order valence-electron chi connectivity index (χ1n) is 8.09. The van der Waals surface area contributed by atoms with Crippen molar-refractivity contribution >= 4 is 0 Å². The van der Waals surface area contributed by atoms with E-state index in [2.05, 4.69) is 19.9 Å². The van der Waals surface area contributed by atoms with E-state index in [0.717, 1.165) is 37.6 Å². The van der Waals surface area contributed by atoms with Crippen molar-refractivity contribution in [1.29, 1.82) is 0 Å². The molecule has 1 aliphatic rings. The number of aryl methyl sites for hydroxylation is 2. The Morgan fingerprint density at radius 1 is 1.39 bits per heavy atom. The molecule has 0 aliphatic carbocycles. The molecule has 2 aromatic heterocycles. The maximum atomic E-state index is 10.0. The van der Waals surface area contributed by atoms with E-state index < -0.39 is 0 Å². The van der Waals surface area contributed by atoms with Crippen molar-refractivity contribution in [2.24, 2.45) is 13.0 Å². The zero-order chi connectivity index (χ0) is 16.2. The summed E-state index contributed by atoms with van der Waals surface area (Å²) in [4.78, 5) is 8.95. The molecule has 0 saturated carbocycles. The van der Waals surface area contributed by atoms with Gasteiger partial charge in [-0.05, 0) is 37.8 Å². The Labute approximate surface area is 136 Å². The van der Waals surface area contributed by atoms with Gasteiger partial charge in [0.15, 0.2) is 0 Å². The van der Waals surface area contributed by atoms with E-state index in [0.29, 0.717) is 18.2 Å². The van der Waals surface area contributed by atoms with E-state index in [-0.39, 0.29) is 11.8 Å². The molecule has 0 spiro atoms. The molecule has 23 heavy (non-hydrogen) atoms. The number of aromatic nitrogens is 3. The molecular formula is C17H24N4O2. The van der Waals surface area contributed by atoms with Gasteiger partial charge in [-0.3, -0.25) is 4.98 Å². The normalized spacial score (nSPS) is 17.3. The number of nitrogens with one attached hydrogen (secondary N) is 1. The molecule has 2 aromatic rings. The van der Waals surface area contributed by atoms with Crippen LogP contribution in [0.15, 0.2) is 24.5 Å². The van der Waals surface area contributed by atoms with Crippen LogP contribution >= 0.6 is 0 Å². The van der Waals surface area contributed by atoms with Gasteiger partial charge in [0.25, 0.3) is 0 Å². The summed E-state index contributed by atoms with van der Waals surface area (Å²) in [5.41, 5.74) is 1.58. The molecule has 0 aromatic carbocycles. The predicted octanol–water partition coefficient (Wildman–Crippen LogP) is 2.09. The van der Waals surface area contributed by atoms with E-state index in [9.17, 15) is 5.11 Å². The summed E-state index contributed by atoms with van der Waals surface area (Å²) >= 11 is 0. The minimum atomic E-state index is 0.126. The van der Waals surface area contributed by atoms with E-state index in [1.165, 1.54) is 0 Å². The van der Waals surface area contributed by atoms with Crippen LogP contribution in [0.25, 0.3) is 0 Å². The van der Waals surface area contributed by atoms with Crippen LogP contribution in [-0.4, -0.2) is 32.9 Å². The van der Waals surface area contributed by atoms with Crippen molar-refractivity contribution in [3.05, 3.63) is 41.7 Å². The molecule has 1 aliphatic heterocycles. The van der Waals surface area contributed by atoms with Crippen LogP contribution < -0.4 is 5.32 Å². The molecule has 0 radical (unpaired) electrons. The molecule has 3 heterocycles. The second-order valence-corrected chi connectivity index (χ2v) is 6.12. The summed E-state index contributed by atoms with van der Waals surface area (Å²) in [5, 5.41) is 13.6. The van der Waals surface area contributed by atoms with E-state index in [1.807, 2.05) is 32.4 Å². The standard InChI is InChI=1S/C17H24N4O2/c1-12-3-4-15(22)14(20-12)11-19-16(13-5-9-23-10-6-13)17-18-7-8-21(17)2/h3-4,7-8,13,16,19,22H,5-6,9-11H2,1-2H3. The topological polar surface area (TPSA) is 72.2 Å². The van der Waals surface area contributed by atoms with Crippen molar-refractivity contribution in [2.75, 3.05) is 13.2 Å². The van der Waals surface area contributed by atoms with Crippen LogP contribution in [0, 0.1) is 12.8 Å². The molecule has 6 nitrogen and oxygen atoms in total. The zero-order valence-electron chi connectivity index (χ0n) is 13.7.